The first-order chi connectivity index (χ1) is 20.2. The van der Waals surface area contributed by atoms with E-state index in [0.29, 0.717) is 39.6 Å². The summed E-state index contributed by atoms with van der Waals surface area (Å²) in [5, 5.41) is 14.7. The molecule has 1 amide bonds. The molecular weight excluding hydrogens is 541 g/mol. The van der Waals surface area contributed by atoms with Gasteiger partial charge in [-0.25, -0.2) is 9.37 Å². The van der Waals surface area contributed by atoms with E-state index >= 15 is 0 Å². The number of anilines is 2. The zero-order valence-corrected chi connectivity index (χ0v) is 23.9. The topological polar surface area (TPSA) is 128 Å². The van der Waals surface area contributed by atoms with E-state index in [0.717, 1.165) is 5.56 Å². The second kappa shape index (κ2) is 13.4. The van der Waals surface area contributed by atoms with Gasteiger partial charge in [-0.15, -0.1) is 0 Å². The SMILES string of the molecule is CCO/C(=C/Nc1ccc(F)cc1C(C)C)C(=N)C(=O)Nc1ccc(Oc2ccnc3cc(OC)c(OC)cc23)cn1. The summed E-state index contributed by atoms with van der Waals surface area (Å²) < 4.78 is 36.1. The molecule has 42 heavy (non-hydrogen) atoms. The number of halogens is 1. The Morgan fingerprint density at radius 1 is 1.02 bits per heavy atom. The molecule has 4 rings (SSSR count). The van der Waals surface area contributed by atoms with Crippen LogP contribution in [0.15, 0.2) is 72.9 Å². The summed E-state index contributed by atoms with van der Waals surface area (Å²) in [6, 6.07) is 12.8. The summed E-state index contributed by atoms with van der Waals surface area (Å²) in [7, 11) is 3.10. The van der Waals surface area contributed by atoms with E-state index in [-0.39, 0.29) is 29.9 Å². The Kier molecular flexibility index (Phi) is 9.53. The summed E-state index contributed by atoms with van der Waals surface area (Å²) in [6.45, 7) is 5.87. The van der Waals surface area contributed by atoms with Crippen LogP contribution in [-0.2, 0) is 9.53 Å². The number of ether oxygens (including phenoxy) is 4. The average Bonchev–Trinajstić information content (AvgIpc) is 2.99. The van der Waals surface area contributed by atoms with E-state index in [1.807, 2.05) is 13.8 Å². The summed E-state index contributed by atoms with van der Waals surface area (Å²) in [6.07, 6.45) is 4.49. The van der Waals surface area contributed by atoms with Crippen molar-refractivity contribution in [1.82, 2.24) is 9.97 Å². The largest absolute Gasteiger partial charge is 0.493 e. The van der Waals surface area contributed by atoms with Crippen molar-refractivity contribution in [2.24, 2.45) is 0 Å². The van der Waals surface area contributed by atoms with Gasteiger partial charge >= 0.3 is 0 Å². The van der Waals surface area contributed by atoms with Crippen LogP contribution in [0.5, 0.6) is 23.0 Å². The van der Waals surface area contributed by atoms with Crippen LogP contribution in [0.2, 0.25) is 0 Å². The Morgan fingerprint density at radius 3 is 2.45 bits per heavy atom. The normalized spacial score (nSPS) is 11.3. The second-order valence-electron chi connectivity index (χ2n) is 9.32. The molecule has 0 radical (unpaired) electrons. The maximum absolute atomic E-state index is 13.7. The number of nitrogens with zero attached hydrogens (tertiary/aromatic N) is 2. The summed E-state index contributed by atoms with van der Waals surface area (Å²) in [5.41, 5.74) is 1.65. The average molecular weight is 574 g/mol. The molecule has 2 aromatic heterocycles. The minimum absolute atomic E-state index is 0.0191. The van der Waals surface area contributed by atoms with Crippen LogP contribution in [0.3, 0.4) is 0 Å². The van der Waals surface area contributed by atoms with Crippen molar-refractivity contribution in [1.29, 1.82) is 5.41 Å². The van der Waals surface area contributed by atoms with E-state index < -0.39 is 11.6 Å². The van der Waals surface area contributed by atoms with E-state index in [4.69, 9.17) is 24.4 Å². The number of methoxy groups -OCH3 is 2. The zero-order chi connectivity index (χ0) is 30.2. The van der Waals surface area contributed by atoms with Crippen molar-refractivity contribution >= 4 is 34.0 Å². The van der Waals surface area contributed by atoms with Gasteiger partial charge < -0.3 is 29.6 Å². The molecule has 0 aliphatic carbocycles. The van der Waals surface area contributed by atoms with Crippen LogP contribution in [0.25, 0.3) is 10.9 Å². The Labute approximate surface area is 243 Å². The highest BCUT2D eigenvalue weighted by Gasteiger charge is 2.18. The van der Waals surface area contributed by atoms with Crippen molar-refractivity contribution in [2.45, 2.75) is 26.7 Å². The van der Waals surface area contributed by atoms with Gasteiger partial charge in [0.2, 0.25) is 0 Å². The smallest absolute Gasteiger partial charge is 0.278 e. The molecular formula is C31H32FN5O5. The number of aromatic nitrogens is 2. The van der Waals surface area contributed by atoms with E-state index in [2.05, 4.69) is 20.6 Å². The third-order valence-corrected chi connectivity index (χ3v) is 6.18. The van der Waals surface area contributed by atoms with Crippen LogP contribution in [-0.4, -0.2) is 42.4 Å². The fourth-order valence-electron chi connectivity index (χ4n) is 4.10. The van der Waals surface area contributed by atoms with E-state index in [9.17, 15) is 9.18 Å². The van der Waals surface area contributed by atoms with E-state index in [1.165, 1.54) is 24.5 Å². The van der Waals surface area contributed by atoms with E-state index in [1.54, 1.807) is 63.7 Å². The molecule has 0 bridgehead atoms. The number of fused-ring (bicyclic) bond motifs is 1. The van der Waals surface area contributed by atoms with Gasteiger partial charge in [0.25, 0.3) is 5.91 Å². The van der Waals surface area contributed by atoms with Gasteiger partial charge in [0, 0.05) is 29.5 Å². The molecule has 0 saturated carbocycles. The van der Waals surface area contributed by atoms with Crippen LogP contribution < -0.4 is 24.8 Å². The molecule has 11 heteroatoms. The number of nitrogens with one attached hydrogen (secondary N) is 3. The lowest BCUT2D eigenvalue weighted by atomic mass is 10.0. The summed E-state index contributed by atoms with van der Waals surface area (Å²) in [5.74, 6) is 1.26. The monoisotopic (exact) mass is 573 g/mol. The quantitative estimate of drug-likeness (QED) is 0.127. The molecule has 0 aliphatic heterocycles. The molecule has 0 saturated heterocycles. The van der Waals surface area contributed by atoms with Crippen molar-refractivity contribution in [3.05, 3.63) is 84.3 Å². The maximum Gasteiger partial charge on any atom is 0.278 e. The van der Waals surface area contributed by atoms with Gasteiger partial charge in [-0.2, -0.15) is 0 Å². The number of carbonyl (C=O) groups is 1. The first kappa shape index (κ1) is 29.8. The van der Waals surface area contributed by atoms with Gasteiger partial charge in [-0.05, 0) is 60.9 Å². The molecule has 4 aromatic rings. The van der Waals surface area contributed by atoms with Crippen LogP contribution in [0.1, 0.15) is 32.3 Å². The summed E-state index contributed by atoms with van der Waals surface area (Å²) >= 11 is 0. The van der Waals surface area contributed by atoms with Gasteiger partial charge in [0.05, 0.1) is 32.5 Å². The molecule has 10 nitrogen and oxygen atoms in total. The second-order valence-corrected chi connectivity index (χ2v) is 9.32. The predicted octanol–water partition coefficient (Wildman–Crippen LogP) is 6.65. The molecule has 2 aromatic carbocycles. The molecule has 3 N–H and O–H groups in total. The van der Waals surface area contributed by atoms with Gasteiger partial charge in [0.1, 0.15) is 23.1 Å². The van der Waals surface area contributed by atoms with Crippen molar-refractivity contribution in [2.75, 3.05) is 31.5 Å². The lowest BCUT2D eigenvalue weighted by molar-refractivity contribution is -0.110. The minimum Gasteiger partial charge on any atom is -0.493 e. The lowest BCUT2D eigenvalue weighted by Crippen LogP contribution is -2.25. The maximum atomic E-state index is 13.7. The molecule has 0 aliphatic rings. The highest BCUT2D eigenvalue weighted by Crippen LogP contribution is 2.36. The highest BCUT2D eigenvalue weighted by atomic mass is 19.1. The third-order valence-electron chi connectivity index (χ3n) is 6.18. The van der Waals surface area contributed by atoms with Crippen molar-refractivity contribution in [3.63, 3.8) is 0 Å². The first-order valence-electron chi connectivity index (χ1n) is 13.2. The first-order valence-corrected chi connectivity index (χ1v) is 13.2. The molecule has 218 valence electrons. The number of amides is 1. The Morgan fingerprint density at radius 2 is 1.79 bits per heavy atom. The Bertz CT molecular complexity index is 1620. The highest BCUT2D eigenvalue weighted by molar-refractivity contribution is 6.47. The molecule has 0 spiro atoms. The Balaban J connectivity index is 1.46. The number of hydrogen-bond acceptors (Lipinski definition) is 9. The number of pyridine rings is 2. The lowest BCUT2D eigenvalue weighted by Gasteiger charge is -2.15. The molecule has 0 fully saturated rings. The number of hydrogen-bond donors (Lipinski definition) is 3. The standard InChI is InChI=1S/C31H32FN5O5/c1-6-41-28(17-35-23-9-7-19(32)13-21(23)18(2)3)30(33)31(38)37-29-10-8-20(16-36-29)42-25-11-12-34-24-15-27(40-5)26(39-4)14-22(24)25/h7-18,33,35H,6H2,1-5H3,(H,36,37,38)/b28-17+,33-30?. The van der Waals surface area contributed by atoms with Gasteiger partial charge in [-0.3, -0.25) is 15.2 Å². The summed E-state index contributed by atoms with van der Waals surface area (Å²) in [4.78, 5) is 21.5. The molecule has 2 heterocycles. The van der Waals surface area contributed by atoms with Gasteiger partial charge in [0.15, 0.2) is 23.0 Å². The van der Waals surface area contributed by atoms with Crippen LogP contribution >= 0.6 is 0 Å². The minimum atomic E-state index is -0.720. The third kappa shape index (κ3) is 6.92. The van der Waals surface area contributed by atoms with Crippen LogP contribution in [0.4, 0.5) is 15.9 Å². The fraction of sp³-hybridized carbons (Fsp3) is 0.226. The fourth-order valence-corrected chi connectivity index (χ4v) is 4.10. The molecule has 0 atom stereocenters. The number of carbonyl (C=O) groups excluding carboxylic acids is 1. The van der Waals surface area contributed by atoms with Crippen LogP contribution in [0, 0.1) is 11.2 Å². The zero-order valence-electron chi connectivity index (χ0n) is 23.9. The van der Waals surface area contributed by atoms with Crippen molar-refractivity contribution in [3.8, 4) is 23.0 Å². The number of rotatable bonds is 12. The van der Waals surface area contributed by atoms with Gasteiger partial charge in [-0.1, -0.05) is 13.8 Å². The molecule has 0 unspecified atom stereocenters. The predicted molar refractivity (Wildman–Crippen MR) is 159 cm³/mol. The Hall–Kier alpha value is -5.19. The number of benzene rings is 2. The van der Waals surface area contributed by atoms with Crippen molar-refractivity contribution < 1.29 is 28.1 Å².